The second kappa shape index (κ2) is 23.3. The number of carbonyl (C=O) groups is 4. The van der Waals surface area contributed by atoms with E-state index >= 15 is 14.4 Å². The van der Waals surface area contributed by atoms with Gasteiger partial charge in [0.1, 0.15) is 23.9 Å². The lowest BCUT2D eigenvalue weighted by Crippen LogP contribution is -2.62. The summed E-state index contributed by atoms with van der Waals surface area (Å²) in [6.45, 7) is 19.3. The number of aryl methyl sites for hydroxylation is 1. The van der Waals surface area contributed by atoms with E-state index in [0.29, 0.717) is 63.8 Å². The minimum atomic E-state index is -1.13. The molecule has 85 heavy (non-hydrogen) atoms. The molecule has 442 valence electrons. The third kappa shape index (κ3) is 10.9. The number of nitrogens with zero attached hydrogens (tertiary/aromatic N) is 6. The van der Waals surface area contributed by atoms with Crippen molar-refractivity contribution >= 4 is 34.6 Å². The molecule has 12 rings (SSSR count). The van der Waals surface area contributed by atoms with Crippen molar-refractivity contribution < 1.29 is 29.0 Å². The van der Waals surface area contributed by atoms with E-state index in [1.165, 1.54) is 21.7 Å². The minimum Gasteiger partial charge on any atom is -0.508 e. The first-order valence-corrected chi connectivity index (χ1v) is 30.9. The Balaban J connectivity index is 0.824. The number of phenolic OH excluding ortho intramolecular Hbond substituents is 1. The molecule has 0 saturated carbocycles. The molecular formula is C71H82N8O6. The normalized spacial score (nSPS) is 23.2. The number of ether oxygens (including phenoxy) is 1. The van der Waals surface area contributed by atoms with Gasteiger partial charge in [0.05, 0.1) is 28.9 Å². The molecule has 1 spiro atoms. The summed E-state index contributed by atoms with van der Waals surface area (Å²) in [5.74, 6) is -1.38. The van der Waals surface area contributed by atoms with Gasteiger partial charge < -0.3 is 29.5 Å². The van der Waals surface area contributed by atoms with Crippen LogP contribution in [0.5, 0.6) is 5.75 Å². The van der Waals surface area contributed by atoms with Gasteiger partial charge in [-0.2, -0.15) is 0 Å². The number of phenols is 1. The number of hydrazine groups is 1. The van der Waals surface area contributed by atoms with Gasteiger partial charge in [0.2, 0.25) is 11.8 Å². The SMILES string of the molecule is CCn1c(-c2cccnc2C(C)C)c2c3cc(ccc31)-c1cc(O)cc(c1)C[C@H](NC(=O)[C@H](C(C)C)N1CC[C@]3(CCN(C[C@H]4CN4C(c4ccccc4)(c4ccccc4)c4ccccc4)C3)C1=O)C(=O)N1CCC[C@H](N1)C(=O)OCC(C)(C)C2. The second-order valence-electron chi connectivity index (χ2n) is 26.1. The summed E-state index contributed by atoms with van der Waals surface area (Å²) < 4.78 is 8.57. The molecule has 3 N–H and O–H groups in total. The average molecular weight is 1140 g/mol. The van der Waals surface area contributed by atoms with E-state index < -0.39 is 52.3 Å². The predicted molar refractivity (Wildman–Crippen MR) is 332 cm³/mol. The summed E-state index contributed by atoms with van der Waals surface area (Å²) >= 11 is 0. The van der Waals surface area contributed by atoms with Crippen LogP contribution in [0.15, 0.2) is 146 Å². The Morgan fingerprint density at radius 3 is 2.16 bits per heavy atom. The van der Waals surface area contributed by atoms with Gasteiger partial charge in [-0.1, -0.05) is 145 Å². The first-order chi connectivity index (χ1) is 41.0. The highest BCUT2D eigenvalue weighted by atomic mass is 16.5. The maximum absolute atomic E-state index is 15.2. The molecule has 3 amide bonds. The average Bonchev–Trinajstić information content (AvgIpc) is 1.69. The fourth-order valence-corrected chi connectivity index (χ4v) is 14.8. The van der Waals surface area contributed by atoms with Gasteiger partial charge >= 0.3 is 5.97 Å². The highest BCUT2D eigenvalue weighted by Gasteiger charge is 2.57. The number of likely N-dealkylation sites (tertiary alicyclic amines) is 2. The highest BCUT2D eigenvalue weighted by Crippen LogP contribution is 2.50. The van der Waals surface area contributed by atoms with Gasteiger partial charge in [-0.05, 0) is 133 Å². The van der Waals surface area contributed by atoms with Gasteiger partial charge in [0.15, 0.2) is 0 Å². The first kappa shape index (κ1) is 57.8. The number of hydrogen-bond acceptors (Lipinski definition) is 10. The monoisotopic (exact) mass is 1140 g/mol. The molecule has 1 unspecified atom stereocenters. The van der Waals surface area contributed by atoms with Crippen molar-refractivity contribution in [2.45, 2.75) is 129 Å². The van der Waals surface area contributed by atoms with Gasteiger partial charge in [0, 0.05) is 79.8 Å². The van der Waals surface area contributed by atoms with Gasteiger partial charge in [0.25, 0.3) is 5.91 Å². The van der Waals surface area contributed by atoms with Crippen LogP contribution in [0.3, 0.4) is 0 Å². The number of cyclic esters (lactones) is 1. The maximum Gasteiger partial charge on any atom is 0.324 e. The Hall–Kier alpha value is -7.65. The third-order valence-electron chi connectivity index (χ3n) is 18.9. The number of fused-ring (bicyclic) bond motifs is 6. The van der Waals surface area contributed by atoms with Crippen LogP contribution in [0, 0.1) is 16.7 Å². The molecule has 0 radical (unpaired) electrons. The number of rotatable bonds is 13. The summed E-state index contributed by atoms with van der Waals surface area (Å²) in [6.07, 6.45) is 4.81. The van der Waals surface area contributed by atoms with Crippen molar-refractivity contribution in [3.63, 3.8) is 0 Å². The lowest BCUT2D eigenvalue weighted by atomic mass is 9.76. The number of amides is 3. The van der Waals surface area contributed by atoms with Crippen molar-refractivity contribution in [3.05, 3.63) is 179 Å². The topological polar surface area (TPSA) is 152 Å². The number of nitrogens with one attached hydrogen (secondary N) is 2. The van der Waals surface area contributed by atoms with Crippen molar-refractivity contribution in [3.8, 4) is 28.1 Å². The number of esters is 1. The molecule has 5 aliphatic rings. The van der Waals surface area contributed by atoms with Crippen LogP contribution in [0.1, 0.15) is 114 Å². The zero-order valence-corrected chi connectivity index (χ0v) is 50.4. The number of aromatic nitrogens is 2. The van der Waals surface area contributed by atoms with Gasteiger partial charge in [-0.15, -0.1) is 0 Å². The second-order valence-corrected chi connectivity index (χ2v) is 26.1. The van der Waals surface area contributed by atoms with E-state index in [1.54, 1.807) is 17.0 Å². The lowest BCUT2D eigenvalue weighted by Gasteiger charge is -2.38. The highest BCUT2D eigenvalue weighted by molar-refractivity contribution is 5.97. The van der Waals surface area contributed by atoms with Crippen LogP contribution in [-0.4, -0.2) is 128 Å². The molecule has 4 saturated heterocycles. The van der Waals surface area contributed by atoms with Crippen LogP contribution < -0.4 is 10.7 Å². The first-order valence-electron chi connectivity index (χ1n) is 30.9. The Morgan fingerprint density at radius 2 is 1.51 bits per heavy atom. The molecule has 4 fully saturated rings. The molecule has 6 bridgehead atoms. The predicted octanol–water partition coefficient (Wildman–Crippen LogP) is 10.5. The van der Waals surface area contributed by atoms with Gasteiger partial charge in [-0.3, -0.25) is 34.1 Å². The molecule has 14 nitrogen and oxygen atoms in total. The van der Waals surface area contributed by atoms with Gasteiger partial charge in [-0.25, -0.2) is 5.43 Å². The summed E-state index contributed by atoms with van der Waals surface area (Å²) in [5, 5.41) is 17.3. The molecule has 14 heteroatoms. The fraction of sp³-hybridized carbons (Fsp3) is 0.423. The zero-order chi connectivity index (χ0) is 59.4. The molecule has 6 atom stereocenters. The van der Waals surface area contributed by atoms with E-state index in [4.69, 9.17) is 9.72 Å². The van der Waals surface area contributed by atoms with Crippen LogP contribution in [0.25, 0.3) is 33.3 Å². The molecule has 0 aliphatic carbocycles. The quantitative estimate of drug-likeness (QED) is 0.0578. The molecular weight excluding hydrogens is 1060 g/mol. The van der Waals surface area contributed by atoms with E-state index in [9.17, 15) is 9.90 Å². The van der Waals surface area contributed by atoms with E-state index in [1.807, 2.05) is 32.2 Å². The lowest BCUT2D eigenvalue weighted by molar-refractivity contribution is -0.155. The standard InChI is InChI=1S/C71H82N8O6/c1-8-76-61-29-28-49-40-57(61)58(64(76)56-26-18-32-72-62(56)46(2)3)41-69(6,7)45-85-67(83)59-27-19-33-79(74-59)66(82)60(38-48-36-50(49)39-55(80)37-48)73-65(81)63(47(4)5)77-35-31-70(68(77)84)30-34-75(44-70)42-54-43-78(54)71(51-20-12-9-13-21-51,52-22-14-10-15-23-52)53-24-16-11-17-25-53/h9-18,20-26,28-29,32,36-37,39-40,46-47,54,59-60,63,74,80H,8,19,27,30-31,33-35,38,41-45H2,1-7H3,(H,73,81)/t54-,59-,60-,63-,70-,78?/m0/s1. The fourth-order valence-electron chi connectivity index (χ4n) is 14.8. The zero-order valence-electron chi connectivity index (χ0n) is 50.4. The van der Waals surface area contributed by atoms with Crippen LogP contribution in [0.4, 0.5) is 0 Å². The Kier molecular flexibility index (Phi) is 15.8. The Morgan fingerprint density at radius 1 is 0.824 bits per heavy atom. The number of pyridine rings is 1. The van der Waals surface area contributed by atoms with Crippen LogP contribution in [0.2, 0.25) is 0 Å². The Labute approximate surface area is 500 Å². The van der Waals surface area contributed by atoms with Crippen molar-refractivity contribution in [1.29, 1.82) is 0 Å². The molecule has 7 aromatic rings. The minimum absolute atomic E-state index is 0.0121. The van der Waals surface area contributed by atoms with Crippen molar-refractivity contribution in [1.82, 2.24) is 40.0 Å². The third-order valence-corrected chi connectivity index (χ3v) is 18.9. The molecule has 7 heterocycles. The van der Waals surface area contributed by atoms with Crippen LogP contribution in [-0.2, 0) is 48.8 Å². The summed E-state index contributed by atoms with van der Waals surface area (Å²) in [4.78, 5) is 71.5. The number of benzene rings is 5. The Bertz CT molecular complexity index is 3520. The number of carbonyl (C=O) groups excluding carboxylic acids is 4. The molecule has 5 aromatic carbocycles. The number of aromatic hydroxyl groups is 1. The molecule has 2 aromatic heterocycles. The summed E-state index contributed by atoms with van der Waals surface area (Å²) in [7, 11) is 0. The largest absolute Gasteiger partial charge is 0.508 e. The number of hydrogen-bond donors (Lipinski definition) is 3. The van der Waals surface area contributed by atoms with E-state index in [2.05, 4.69) is 175 Å². The summed E-state index contributed by atoms with van der Waals surface area (Å²) in [6, 6.07) is 45.7. The van der Waals surface area contributed by atoms with E-state index in [-0.39, 0.29) is 42.6 Å². The van der Waals surface area contributed by atoms with Crippen LogP contribution >= 0.6 is 0 Å². The smallest absolute Gasteiger partial charge is 0.324 e. The summed E-state index contributed by atoms with van der Waals surface area (Å²) in [5.41, 5.74) is 12.8. The van der Waals surface area contributed by atoms with Crippen molar-refractivity contribution in [2.24, 2.45) is 16.7 Å². The van der Waals surface area contributed by atoms with E-state index in [0.717, 1.165) is 64.2 Å². The molecule has 5 aliphatic heterocycles. The maximum atomic E-state index is 15.2. The van der Waals surface area contributed by atoms with Crippen molar-refractivity contribution in [2.75, 3.05) is 45.9 Å².